The second-order valence-electron chi connectivity index (χ2n) is 25.9. The Hall–Kier alpha value is -3.69. The Kier molecular flexibility index (Phi) is 19.4. The van der Waals surface area contributed by atoms with Crippen molar-refractivity contribution in [3.8, 4) is 0 Å². The number of amides is 1. The third-order valence-corrected chi connectivity index (χ3v) is 20.2. The largest absolute Gasteiger partial charge is 0.511 e. The first kappa shape index (κ1) is 63.8. The molecule has 0 aromatic heterocycles. The number of ketones is 1. The van der Waals surface area contributed by atoms with Crippen LogP contribution in [0.5, 0.6) is 0 Å². The van der Waals surface area contributed by atoms with Gasteiger partial charge in [0.1, 0.15) is 29.6 Å². The number of ether oxygens (including phenoxy) is 11. The Balaban J connectivity index is 1.01. The van der Waals surface area contributed by atoms with Crippen molar-refractivity contribution in [1.82, 2.24) is 10.8 Å². The highest BCUT2D eigenvalue weighted by Crippen LogP contribution is 2.61. The molecule has 1 saturated carbocycles. The van der Waals surface area contributed by atoms with Crippen LogP contribution >= 0.6 is 0 Å². The smallest absolute Gasteiger partial charge is 0.407 e. The van der Waals surface area contributed by atoms with E-state index in [1.165, 1.54) is 14.2 Å². The van der Waals surface area contributed by atoms with E-state index in [0.717, 1.165) is 5.57 Å². The third kappa shape index (κ3) is 12.1. The summed E-state index contributed by atoms with van der Waals surface area (Å²) >= 11 is 0. The van der Waals surface area contributed by atoms with E-state index in [4.69, 9.17) is 52.1 Å². The van der Waals surface area contributed by atoms with Gasteiger partial charge in [-0.3, -0.25) is 4.79 Å². The van der Waals surface area contributed by atoms with Crippen molar-refractivity contribution in [3.63, 3.8) is 0 Å². The van der Waals surface area contributed by atoms with E-state index in [9.17, 15) is 40.3 Å². The number of aliphatic hydroxyl groups is 5. The molecule has 27 atom stereocenters. The maximum absolute atomic E-state index is 15.6. The van der Waals surface area contributed by atoms with Crippen LogP contribution in [-0.2, 0) is 61.7 Å². The maximum atomic E-state index is 15.6. The van der Waals surface area contributed by atoms with E-state index in [1.807, 2.05) is 39.8 Å². The van der Waals surface area contributed by atoms with Crippen LogP contribution in [0.15, 0.2) is 58.4 Å². The fourth-order valence-corrected chi connectivity index (χ4v) is 15.8. The van der Waals surface area contributed by atoms with Gasteiger partial charge < -0.3 is 88.2 Å². The first-order valence-corrected chi connectivity index (χ1v) is 29.8. The molecular formula is C61H92N2O20. The first-order valence-electron chi connectivity index (χ1n) is 29.8. The number of allylic oxidation sites excluding steroid dienone is 3. The SMILES string of the molecule is COC(=O)N[C@H]1[C@@H](C)O[C@@H](O[C@H]2CC=C(C)[C@@H]3C=C[C@@H]4[C@@H](O[C@H]5C[C@@H](O[C@H]6C[C@@H](O)[C@@H](O[C@@H]7C[C@@H](O)[C@@H](OC)[C@H](C)O7)[C@H](C)O6)[C@@H](O)[C@H](C)O5)[C@@H](C)C[C@H](C)[C@H]4[C@]3(C)C(O)=C3C(=O)O[C@]4(C[C@@H](C)C(CO)=C[C@H]4C=C2C)C3=O)C[C@]1(C)NO. The monoisotopic (exact) mass is 1170 g/mol. The summed E-state index contributed by atoms with van der Waals surface area (Å²) in [5, 5.41) is 70.8. The summed E-state index contributed by atoms with van der Waals surface area (Å²) in [6, 6.07) is -0.720. The minimum absolute atomic E-state index is 0.0261. The van der Waals surface area contributed by atoms with Crippen molar-refractivity contribution in [3.05, 3.63) is 58.4 Å². The molecule has 4 aliphatic carbocycles. The highest BCUT2D eigenvalue weighted by molar-refractivity contribution is 6.26. The van der Waals surface area contributed by atoms with Gasteiger partial charge >= 0.3 is 12.1 Å². The molecule has 8 N–H and O–H groups in total. The molecule has 83 heavy (non-hydrogen) atoms. The Morgan fingerprint density at radius 2 is 1.36 bits per heavy atom. The number of methoxy groups -OCH3 is 2. The van der Waals surface area contributed by atoms with Crippen LogP contribution in [0.3, 0.4) is 0 Å². The van der Waals surface area contributed by atoms with Crippen LogP contribution in [0.1, 0.15) is 121 Å². The van der Waals surface area contributed by atoms with Crippen LogP contribution in [0.4, 0.5) is 4.79 Å². The first-order chi connectivity index (χ1) is 39.2. The van der Waals surface area contributed by atoms with Crippen LogP contribution in [0.25, 0.3) is 0 Å². The zero-order chi connectivity index (χ0) is 60.4. The second-order valence-corrected chi connectivity index (χ2v) is 25.9. The van der Waals surface area contributed by atoms with Crippen LogP contribution < -0.4 is 10.8 Å². The number of carbonyl (C=O) groups is 3. The van der Waals surface area contributed by atoms with Gasteiger partial charge in [-0.2, -0.15) is 5.48 Å². The Bertz CT molecular complexity index is 2510. The predicted molar refractivity (Wildman–Crippen MR) is 295 cm³/mol. The summed E-state index contributed by atoms with van der Waals surface area (Å²) in [6.45, 7) is 20.3. The number of hydrogen-bond acceptors (Lipinski definition) is 21. The van der Waals surface area contributed by atoms with Gasteiger partial charge in [-0.15, -0.1) is 0 Å². The lowest BCUT2D eigenvalue weighted by Crippen LogP contribution is -2.67. The lowest BCUT2D eigenvalue weighted by Gasteiger charge is -2.56. The molecule has 0 unspecified atom stereocenters. The van der Waals surface area contributed by atoms with Crippen molar-refractivity contribution in [1.29, 1.82) is 0 Å². The summed E-state index contributed by atoms with van der Waals surface area (Å²) in [5.74, 6) is -4.72. The Morgan fingerprint density at radius 3 is 2.00 bits per heavy atom. The highest BCUT2D eigenvalue weighted by Gasteiger charge is 2.64. The number of nitrogens with one attached hydrogen (secondary N) is 2. The van der Waals surface area contributed by atoms with Gasteiger partial charge in [-0.1, -0.05) is 63.6 Å². The molecule has 5 aliphatic heterocycles. The number of carbonyl (C=O) groups excluding carboxylic acids is 3. The normalized spacial score (nSPS) is 47.7. The Labute approximate surface area is 487 Å². The number of aliphatic hydroxyl groups excluding tert-OH is 5. The summed E-state index contributed by atoms with van der Waals surface area (Å²) in [6.07, 6.45) is -1.85. The molecule has 5 saturated heterocycles. The maximum Gasteiger partial charge on any atom is 0.407 e. The quantitative estimate of drug-likeness (QED) is 0.0534. The summed E-state index contributed by atoms with van der Waals surface area (Å²) < 4.78 is 68.3. The van der Waals surface area contributed by atoms with E-state index in [0.29, 0.717) is 24.0 Å². The molecule has 1 spiro atoms. The molecular weight excluding hydrogens is 1080 g/mol. The van der Waals surface area contributed by atoms with Gasteiger partial charge in [-0.05, 0) is 96.1 Å². The standard InChI is InChI=1S/C61H92N2O20/c1-27-14-17-42(79-47-25-59(10,63-72)54(35(9)78-47)62-58(71)74-13)28(2)19-37-20-36(26-64)31(5)24-61(37)56(69)48(57(70)83-61)55(68)60(11)39(27)16-15-38-49(60)29(3)18-30(4)51(38)81-46-23-43(50(67)32(6)75-46)80-44-22-41(66)53(34(8)77-44)82-45-21-40(65)52(73-12)33(7)76-45/h14-16,19-20,29-35,37-47,49-54,63-68,72H,17-18,21-26H2,1-13H3,(H,62,71)/t29-,30-,31+,32-,33-,34-,35+,37+,38-,39-,40+,41+,42-,43+,44-,45+,46-,47-,49+,50-,51-,52-,53-,54-,59-,60+,61-/m0/s1. The fraction of sp³-hybridized carbons (Fsp3) is 0.787. The number of alkyl carbamates (subject to hydrolysis) is 1. The average Bonchev–Trinajstić information content (AvgIpc) is 3.96. The van der Waals surface area contributed by atoms with Crippen molar-refractivity contribution < 1.29 is 97.2 Å². The fourth-order valence-electron chi connectivity index (χ4n) is 15.8. The molecule has 9 rings (SSSR count). The molecule has 2 bridgehead atoms. The molecule has 0 aromatic carbocycles. The molecule has 5 heterocycles. The topological polar surface area (TPSA) is 298 Å². The van der Waals surface area contributed by atoms with E-state index >= 15 is 4.79 Å². The van der Waals surface area contributed by atoms with Gasteiger partial charge in [-0.25, -0.2) is 9.59 Å². The molecule has 466 valence electrons. The molecule has 1 amide bonds. The van der Waals surface area contributed by atoms with E-state index < -0.39 is 168 Å². The number of Topliss-reactive ketones (excluding diaryl/α,β-unsaturated/α-hetero) is 1. The summed E-state index contributed by atoms with van der Waals surface area (Å²) in [4.78, 5) is 42.7. The van der Waals surface area contributed by atoms with Crippen molar-refractivity contribution in [2.75, 3.05) is 20.8 Å². The molecule has 22 heteroatoms. The number of hydroxylamine groups is 1. The minimum atomic E-state index is -1.77. The predicted octanol–water partition coefficient (Wildman–Crippen LogP) is 5.28. The minimum Gasteiger partial charge on any atom is -0.511 e. The van der Waals surface area contributed by atoms with E-state index in [2.05, 4.69) is 36.8 Å². The van der Waals surface area contributed by atoms with Crippen molar-refractivity contribution in [2.24, 2.45) is 46.8 Å². The molecule has 0 aromatic rings. The van der Waals surface area contributed by atoms with Gasteiger partial charge in [0, 0.05) is 62.4 Å². The lowest BCUT2D eigenvalue weighted by atomic mass is 9.49. The zero-order valence-electron chi connectivity index (χ0n) is 50.3. The zero-order valence-corrected chi connectivity index (χ0v) is 50.3. The van der Waals surface area contributed by atoms with Crippen molar-refractivity contribution in [2.45, 2.75) is 237 Å². The third-order valence-electron chi connectivity index (χ3n) is 20.2. The highest BCUT2D eigenvalue weighted by atomic mass is 16.7. The van der Waals surface area contributed by atoms with Crippen LogP contribution in [-0.4, -0.2) is 185 Å². The summed E-state index contributed by atoms with van der Waals surface area (Å²) in [5.41, 5.74) is -0.0548. The van der Waals surface area contributed by atoms with E-state index in [1.54, 1.807) is 40.7 Å². The molecule has 22 nitrogen and oxygen atoms in total. The number of fused-ring (bicyclic) bond motifs is 4. The molecule has 6 fully saturated rings. The van der Waals surface area contributed by atoms with Crippen LogP contribution in [0, 0.1) is 46.8 Å². The number of esters is 1. The van der Waals surface area contributed by atoms with Gasteiger partial charge in [0.15, 0.2) is 30.8 Å². The van der Waals surface area contributed by atoms with Gasteiger partial charge in [0.25, 0.3) is 0 Å². The lowest BCUT2D eigenvalue weighted by molar-refractivity contribution is -0.335. The molecule has 0 radical (unpaired) electrons. The Morgan fingerprint density at radius 1 is 0.735 bits per heavy atom. The summed E-state index contributed by atoms with van der Waals surface area (Å²) in [7, 11) is 2.76. The number of hydrogen-bond donors (Lipinski definition) is 8. The second kappa shape index (κ2) is 25.2. The number of rotatable bonds is 12. The van der Waals surface area contributed by atoms with Gasteiger partial charge in [0.2, 0.25) is 5.78 Å². The van der Waals surface area contributed by atoms with Crippen molar-refractivity contribution >= 4 is 17.8 Å². The van der Waals surface area contributed by atoms with E-state index in [-0.39, 0.29) is 62.2 Å². The van der Waals surface area contributed by atoms with Crippen LogP contribution in [0.2, 0.25) is 0 Å². The van der Waals surface area contributed by atoms with Gasteiger partial charge in [0.05, 0.1) is 80.2 Å². The molecule has 9 aliphatic rings. The average molecular weight is 1170 g/mol.